The smallest absolute Gasteiger partial charge is 0.276 e. The zero-order valence-corrected chi connectivity index (χ0v) is 13.2. The Morgan fingerprint density at radius 2 is 2.13 bits per heavy atom. The maximum atomic E-state index is 12.7. The summed E-state index contributed by atoms with van der Waals surface area (Å²) in [5.74, 6) is 0.675. The van der Waals surface area contributed by atoms with E-state index in [4.69, 9.17) is 9.94 Å². The van der Waals surface area contributed by atoms with E-state index < -0.39 is 16.9 Å². The van der Waals surface area contributed by atoms with Crippen molar-refractivity contribution >= 4 is 22.7 Å². The normalized spacial score (nSPS) is 14.3. The van der Waals surface area contributed by atoms with Gasteiger partial charge in [0.2, 0.25) is 0 Å². The summed E-state index contributed by atoms with van der Waals surface area (Å²) in [6.07, 6.45) is 1.99. The molecular formula is C15H15N3O4S. The summed E-state index contributed by atoms with van der Waals surface area (Å²) >= 11 is 0. The molecule has 1 atom stereocenters. The molecule has 1 aromatic heterocycles. The maximum absolute atomic E-state index is 12.7. The van der Waals surface area contributed by atoms with Gasteiger partial charge in [-0.3, -0.25) is 14.3 Å². The third-order valence-corrected chi connectivity index (χ3v) is 5.02. The molecule has 2 N–H and O–H groups in total. The Hall–Kier alpha value is -2.45. The minimum atomic E-state index is -1.38. The Morgan fingerprint density at radius 3 is 2.78 bits per heavy atom. The van der Waals surface area contributed by atoms with Gasteiger partial charge < -0.3 is 4.74 Å². The highest BCUT2D eigenvalue weighted by molar-refractivity contribution is 7.86. The third-order valence-electron chi connectivity index (χ3n) is 3.59. The molecule has 8 heteroatoms. The highest BCUT2D eigenvalue weighted by atomic mass is 32.2. The Kier molecular flexibility index (Phi) is 4.26. The first-order chi connectivity index (χ1) is 11.1. The van der Waals surface area contributed by atoms with Crippen LogP contribution in [-0.2, 0) is 17.4 Å². The van der Waals surface area contributed by atoms with Crippen molar-refractivity contribution in [3.8, 4) is 5.75 Å². The molecule has 2 aromatic rings. The molecule has 0 radical (unpaired) electrons. The monoisotopic (exact) mass is 333 g/mol. The number of carbonyl (C=O) groups excluding carboxylic acids is 1. The maximum Gasteiger partial charge on any atom is 0.276 e. The van der Waals surface area contributed by atoms with Crippen molar-refractivity contribution in [1.29, 1.82) is 0 Å². The fourth-order valence-electron chi connectivity index (χ4n) is 2.41. The number of methoxy groups -OCH3 is 1. The summed E-state index contributed by atoms with van der Waals surface area (Å²) in [6, 6.07) is 8.67. The van der Waals surface area contributed by atoms with E-state index in [1.165, 1.54) is 6.20 Å². The van der Waals surface area contributed by atoms with E-state index >= 15 is 0 Å². The molecular weight excluding hydrogens is 318 g/mol. The minimum Gasteiger partial charge on any atom is -0.497 e. The number of hydroxylamine groups is 1. The largest absolute Gasteiger partial charge is 0.497 e. The van der Waals surface area contributed by atoms with Gasteiger partial charge in [-0.05, 0) is 42.3 Å². The van der Waals surface area contributed by atoms with Crippen LogP contribution in [0.2, 0.25) is 0 Å². The average Bonchev–Trinajstić information content (AvgIpc) is 3.03. The number of ether oxygens (including phenoxy) is 1. The highest BCUT2D eigenvalue weighted by Crippen LogP contribution is 2.30. The zero-order chi connectivity index (χ0) is 16.4. The number of carbonyl (C=O) groups is 1. The summed E-state index contributed by atoms with van der Waals surface area (Å²) in [5, 5.41) is 8.67. The first-order valence-corrected chi connectivity index (χ1v) is 8.01. The lowest BCUT2D eigenvalue weighted by Gasteiger charge is -2.17. The van der Waals surface area contributed by atoms with Crippen molar-refractivity contribution in [3.63, 3.8) is 0 Å². The Balaban J connectivity index is 1.86. The number of benzene rings is 1. The van der Waals surface area contributed by atoms with Crippen LogP contribution < -0.4 is 14.5 Å². The number of hydrogen-bond donors (Lipinski definition) is 2. The van der Waals surface area contributed by atoms with E-state index in [1.807, 2.05) is 0 Å². The molecule has 7 nitrogen and oxygen atoms in total. The lowest BCUT2D eigenvalue weighted by molar-refractivity contribution is 0.0706. The van der Waals surface area contributed by atoms with Gasteiger partial charge in [-0.2, -0.15) is 0 Å². The van der Waals surface area contributed by atoms with E-state index in [2.05, 4.69) is 4.98 Å². The quantitative estimate of drug-likeness (QED) is 0.650. The minimum absolute atomic E-state index is 0.267. The first-order valence-electron chi connectivity index (χ1n) is 6.91. The lowest BCUT2D eigenvalue weighted by Crippen LogP contribution is -2.24. The number of rotatable bonds is 4. The molecule has 3 rings (SSSR count). The molecule has 1 aromatic carbocycles. The second-order valence-corrected chi connectivity index (χ2v) is 6.33. The van der Waals surface area contributed by atoms with E-state index in [1.54, 1.807) is 47.2 Å². The molecule has 120 valence electrons. The molecule has 0 bridgehead atoms. The standard InChI is InChI=1S/C15H15N3O4S/c1-22-12-2-4-13(5-3-12)23(21)18-7-6-10-8-11(15(19)17-20)9-16-14(10)18/h2-5,8-9,20H,6-7H2,1H3,(H,17,19). The molecule has 0 aliphatic carbocycles. The van der Waals surface area contributed by atoms with E-state index in [0.29, 0.717) is 29.4 Å². The van der Waals surface area contributed by atoms with Gasteiger partial charge in [0.05, 0.1) is 17.6 Å². The van der Waals surface area contributed by atoms with Crippen molar-refractivity contribution in [1.82, 2.24) is 10.5 Å². The fourth-order valence-corrected chi connectivity index (χ4v) is 3.61. The van der Waals surface area contributed by atoms with Crippen molar-refractivity contribution < 1.29 is 18.9 Å². The Morgan fingerprint density at radius 1 is 1.39 bits per heavy atom. The van der Waals surface area contributed by atoms with Crippen molar-refractivity contribution in [2.75, 3.05) is 18.0 Å². The van der Waals surface area contributed by atoms with Gasteiger partial charge in [0.1, 0.15) is 11.6 Å². The van der Waals surface area contributed by atoms with Crippen LogP contribution in [0.3, 0.4) is 0 Å². The van der Waals surface area contributed by atoms with Crippen molar-refractivity contribution in [2.45, 2.75) is 11.3 Å². The van der Waals surface area contributed by atoms with Gasteiger partial charge in [-0.1, -0.05) is 0 Å². The number of nitrogens with one attached hydrogen (secondary N) is 1. The Labute approximate surface area is 135 Å². The molecule has 1 unspecified atom stereocenters. The SMILES string of the molecule is COc1ccc(S(=O)N2CCc3cc(C(=O)NO)cnc32)cc1. The average molecular weight is 333 g/mol. The van der Waals surface area contributed by atoms with Crippen LogP contribution in [0.1, 0.15) is 15.9 Å². The Bertz CT molecular complexity index is 764. The summed E-state index contributed by atoms with van der Waals surface area (Å²) in [5.41, 5.74) is 2.67. The second kappa shape index (κ2) is 6.35. The molecule has 2 heterocycles. The zero-order valence-electron chi connectivity index (χ0n) is 12.4. The van der Waals surface area contributed by atoms with Crippen LogP contribution in [-0.4, -0.2) is 34.0 Å². The third kappa shape index (κ3) is 2.90. The van der Waals surface area contributed by atoms with E-state index in [-0.39, 0.29) is 5.56 Å². The number of anilines is 1. The van der Waals surface area contributed by atoms with Gasteiger partial charge in [0.25, 0.3) is 5.91 Å². The van der Waals surface area contributed by atoms with Crippen LogP contribution in [0.4, 0.5) is 5.82 Å². The van der Waals surface area contributed by atoms with Crippen LogP contribution in [0.25, 0.3) is 0 Å². The molecule has 1 amide bonds. The first kappa shape index (κ1) is 15.4. The van der Waals surface area contributed by atoms with Crippen molar-refractivity contribution in [3.05, 3.63) is 47.7 Å². The number of aromatic nitrogens is 1. The van der Waals surface area contributed by atoms with Gasteiger partial charge in [0.15, 0.2) is 11.0 Å². The summed E-state index contributed by atoms with van der Waals surface area (Å²) in [7, 11) is 0.192. The van der Waals surface area contributed by atoms with Crippen LogP contribution in [0, 0.1) is 0 Å². The number of fused-ring (bicyclic) bond motifs is 1. The van der Waals surface area contributed by atoms with Crippen molar-refractivity contribution in [2.24, 2.45) is 0 Å². The van der Waals surface area contributed by atoms with Gasteiger partial charge in [0, 0.05) is 12.7 Å². The number of amides is 1. The number of pyridine rings is 1. The van der Waals surface area contributed by atoms with Gasteiger partial charge in [-0.25, -0.2) is 14.7 Å². The van der Waals surface area contributed by atoms with Gasteiger partial charge in [-0.15, -0.1) is 0 Å². The predicted molar refractivity (Wildman–Crippen MR) is 83.9 cm³/mol. The molecule has 0 fully saturated rings. The summed E-state index contributed by atoms with van der Waals surface area (Å²) in [6.45, 7) is 0.547. The van der Waals surface area contributed by atoms with Gasteiger partial charge >= 0.3 is 0 Å². The number of hydrogen-bond acceptors (Lipinski definition) is 5. The molecule has 0 spiro atoms. The molecule has 1 aliphatic heterocycles. The fraction of sp³-hybridized carbons (Fsp3) is 0.200. The molecule has 0 saturated heterocycles. The second-order valence-electron chi connectivity index (χ2n) is 4.92. The molecule has 23 heavy (non-hydrogen) atoms. The summed E-state index contributed by atoms with van der Waals surface area (Å²) in [4.78, 5) is 16.3. The number of nitrogens with zero attached hydrogens (tertiary/aromatic N) is 2. The topological polar surface area (TPSA) is 91.8 Å². The highest BCUT2D eigenvalue weighted by Gasteiger charge is 2.27. The summed E-state index contributed by atoms with van der Waals surface area (Å²) < 4.78 is 19.5. The van der Waals surface area contributed by atoms with E-state index in [9.17, 15) is 9.00 Å². The van der Waals surface area contributed by atoms with Crippen LogP contribution in [0.5, 0.6) is 5.75 Å². The lowest BCUT2D eigenvalue weighted by atomic mass is 10.1. The van der Waals surface area contributed by atoms with E-state index in [0.717, 1.165) is 5.56 Å². The van der Waals surface area contributed by atoms with Crippen LogP contribution >= 0.6 is 0 Å². The predicted octanol–water partition coefficient (Wildman–Crippen LogP) is 1.29. The molecule has 0 saturated carbocycles. The molecule has 1 aliphatic rings. The van der Waals surface area contributed by atoms with Crippen LogP contribution in [0.15, 0.2) is 41.4 Å².